The van der Waals surface area contributed by atoms with Crippen LogP contribution in [0.5, 0.6) is 0 Å². The van der Waals surface area contributed by atoms with E-state index in [1.807, 2.05) is 0 Å². The van der Waals surface area contributed by atoms with Crippen LogP contribution < -0.4 is 5.73 Å². The first-order valence-electron chi connectivity index (χ1n) is 6.09. The van der Waals surface area contributed by atoms with Crippen LogP contribution in [0.1, 0.15) is 35.6 Å². The minimum absolute atomic E-state index is 0. The van der Waals surface area contributed by atoms with Gasteiger partial charge in [-0.05, 0) is 49.3 Å². The largest absolute Gasteiger partial charge is 0.381 e. The third-order valence-electron chi connectivity index (χ3n) is 3.65. The molecule has 1 aromatic rings. The van der Waals surface area contributed by atoms with Crippen molar-refractivity contribution in [2.75, 3.05) is 13.2 Å². The zero-order valence-electron chi connectivity index (χ0n) is 10.6. The second kappa shape index (κ2) is 6.39. The molecule has 2 N–H and O–H groups in total. The summed E-state index contributed by atoms with van der Waals surface area (Å²) < 4.78 is 5.39. The van der Waals surface area contributed by atoms with E-state index in [1.165, 1.54) is 16.7 Å². The van der Waals surface area contributed by atoms with Gasteiger partial charge in [-0.2, -0.15) is 0 Å². The van der Waals surface area contributed by atoms with E-state index in [4.69, 9.17) is 10.5 Å². The molecule has 0 amide bonds. The monoisotopic (exact) mass is 255 g/mol. The van der Waals surface area contributed by atoms with Crippen molar-refractivity contribution < 1.29 is 4.74 Å². The van der Waals surface area contributed by atoms with Gasteiger partial charge in [-0.15, -0.1) is 12.4 Å². The molecule has 17 heavy (non-hydrogen) atoms. The lowest BCUT2D eigenvalue weighted by Crippen LogP contribution is -2.28. The SMILES string of the molecule is Cc1cccc(C)c1[C@@H](N)C1CCOCC1.Cl. The molecule has 1 aromatic carbocycles. The summed E-state index contributed by atoms with van der Waals surface area (Å²) >= 11 is 0. The maximum absolute atomic E-state index is 6.42. The molecule has 2 nitrogen and oxygen atoms in total. The van der Waals surface area contributed by atoms with Crippen molar-refractivity contribution in [2.45, 2.75) is 32.7 Å². The summed E-state index contributed by atoms with van der Waals surface area (Å²) in [5, 5.41) is 0. The van der Waals surface area contributed by atoms with Gasteiger partial charge in [0.15, 0.2) is 0 Å². The molecule has 0 aromatic heterocycles. The fourth-order valence-corrected chi connectivity index (χ4v) is 2.66. The van der Waals surface area contributed by atoms with Crippen molar-refractivity contribution in [3.8, 4) is 0 Å². The zero-order valence-corrected chi connectivity index (χ0v) is 11.4. The van der Waals surface area contributed by atoms with Crippen LogP contribution in [-0.2, 0) is 4.74 Å². The minimum Gasteiger partial charge on any atom is -0.381 e. The first-order chi connectivity index (χ1) is 7.70. The molecule has 1 fully saturated rings. The summed E-state index contributed by atoms with van der Waals surface area (Å²) in [7, 11) is 0. The zero-order chi connectivity index (χ0) is 11.5. The molecule has 1 saturated heterocycles. The Bertz CT molecular complexity index is 341. The van der Waals surface area contributed by atoms with Crippen LogP contribution in [0.25, 0.3) is 0 Å². The summed E-state index contributed by atoms with van der Waals surface area (Å²) in [4.78, 5) is 0. The van der Waals surface area contributed by atoms with E-state index in [1.54, 1.807) is 0 Å². The van der Waals surface area contributed by atoms with E-state index >= 15 is 0 Å². The molecular weight excluding hydrogens is 234 g/mol. The van der Waals surface area contributed by atoms with E-state index in [0.29, 0.717) is 5.92 Å². The second-order valence-corrected chi connectivity index (χ2v) is 4.78. The highest BCUT2D eigenvalue weighted by molar-refractivity contribution is 5.85. The minimum atomic E-state index is 0. The number of rotatable bonds is 2. The van der Waals surface area contributed by atoms with Gasteiger partial charge in [0.1, 0.15) is 0 Å². The lowest BCUT2D eigenvalue weighted by Gasteiger charge is -2.29. The van der Waals surface area contributed by atoms with E-state index in [-0.39, 0.29) is 18.4 Å². The lowest BCUT2D eigenvalue weighted by molar-refractivity contribution is 0.0582. The molecule has 1 aliphatic heterocycles. The molecule has 0 aliphatic carbocycles. The van der Waals surface area contributed by atoms with Gasteiger partial charge in [-0.25, -0.2) is 0 Å². The van der Waals surface area contributed by atoms with Crippen LogP contribution in [0.4, 0.5) is 0 Å². The normalized spacial score (nSPS) is 18.5. The van der Waals surface area contributed by atoms with Crippen molar-refractivity contribution in [2.24, 2.45) is 11.7 Å². The molecule has 1 heterocycles. The molecule has 96 valence electrons. The van der Waals surface area contributed by atoms with Gasteiger partial charge >= 0.3 is 0 Å². The summed E-state index contributed by atoms with van der Waals surface area (Å²) in [5.41, 5.74) is 10.4. The van der Waals surface area contributed by atoms with Crippen LogP contribution in [0.15, 0.2) is 18.2 Å². The van der Waals surface area contributed by atoms with E-state index in [2.05, 4.69) is 32.0 Å². The number of aryl methyl sites for hydroxylation is 2. The van der Waals surface area contributed by atoms with Gasteiger partial charge in [0.2, 0.25) is 0 Å². The topological polar surface area (TPSA) is 35.2 Å². The van der Waals surface area contributed by atoms with E-state index in [0.717, 1.165) is 26.1 Å². The Morgan fingerprint density at radius 3 is 2.24 bits per heavy atom. The van der Waals surface area contributed by atoms with Crippen LogP contribution in [-0.4, -0.2) is 13.2 Å². The first kappa shape index (κ1) is 14.5. The molecule has 1 atom stereocenters. The highest BCUT2D eigenvalue weighted by atomic mass is 35.5. The summed E-state index contributed by atoms with van der Waals surface area (Å²) in [5.74, 6) is 0.577. The van der Waals surface area contributed by atoms with Gasteiger partial charge in [0.05, 0.1) is 0 Å². The smallest absolute Gasteiger partial charge is 0.0469 e. The Hall–Kier alpha value is -0.570. The molecule has 2 rings (SSSR count). The first-order valence-corrected chi connectivity index (χ1v) is 6.09. The van der Waals surface area contributed by atoms with Crippen LogP contribution >= 0.6 is 12.4 Å². The fraction of sp³-hybridized carbons (Fsp3) is 0.571. The Balaban J connectivity index is 0.00000144. The Kier molecular flexibility index (Phi) is 5.44. The number of hydrogen-bond acceptors (Lipinski definition) is 2. The van der Waals surface area contributed by atoms with E-state index < -0.39 is 0 Å². The quantitative estimate of drug-likeness (QED) is 0.881. The van der Waals surface area contributed by atoms with Gasteiger partial charge in [0.25, 0.3) is 0 Å². The third-order valence-corrected chi connectivity index (χ3v) is 3.65. The van der Waals surface area contributed by atoms with Crippen molar-refractivity contribution >= 4 is 12.4 Å². The average Bonchev–Trinajstić information content (AvgIpc) is 2.30. The molecule has 0 radical (unpaired) electrons. The Morgan fingerprint density at radius 1 is 1.18 bits per heavy atom. The molecule has 0 bridgehead atoms. The van der Waals surface area contributed by atoms with Crippen molar-refractivity contribution in [1.29, 1.82) is 0 Å². The van der Waals surface area contributed by atoms with Crippen molar-refractivity contribution in [1.82, 2.24) is 0 Å². The maximum atomic E-state index is 6.42. The standard InChI is InChI=1S/C14H21NO.ClH/c1-10-4-3-5-11(2)13(10)14(15)12-6-8-16-9-7-12;/h3-5,12,14H,6-9,15H2,1-2H3;1H/t14-;/m0./s1. The second-order valence-electron chi connectivity index (χ2n) is 4.78. The number of ether oxygens (including phenoxy) is 1. The predicted octanol–water partition coefficient (Wildman–Crippen LogP) is 3.15. The Labute approximate surface area is 110 Å². The molecule has 3 heteroatoms. The average molecular weight is 256 g/mol. The highest BCUT2D eigenvalue weighted by Crippen LogP contribution is 2.31. The Morgan fingerprint density at radius 2 is 1.71 bits per heavy atom. The maximum Gasteiger partial charge on any atom is 0.0469 e. The van der Waals surface area contributed by atoms with Crippen molar-refractivity contribution in [3.63, 3.8) is 0 Å². The number of nitrogens with two attached hydrogens (primary N) is 1. The third kappa shape index (κ3) is 3.21. The van der Waals surface area contributed by atoms with Crippen LogP contribution in [0.3, 0.4) is 0 Å². The van der Waals surface area contributed by atoms with Crippen LogP contribution in [0, 0.1) is 19.8 Å². The van der Waals surface area contributed by atoms with Gasteiger partial charge in [0, 0.05) is 19.3 Å². The number of benzene rings is 1. The van der Waals surface area contributed by atoms with E-state index in [9.17, 15) is 0 Å². The summed E-state index contributed by atoms with van der Waals surface area (Å²) in [6, 6.07) is 6.58. The summed E-state index contributed by atoms with van der Waals surface area (Å²) in [6.07, 6.45) is 2.18. The molecular formula is C14H22ClNO. The van der Waals surface area contributed by atoms with Gasteiger partial charge in [-0.3, -0.25) is 0 Å². The lowest BCUT2D eigenvalue weighted by atomic mass is 9.84. The molecule has 0 unspecified atom stereocenters. The molecule has 0 spiro atoms. The van der Waals surface area contributed by atoms with Crippen molar-refractivity contribution in [3.05, 3.63) is 34.9 Å². The van der Waals surface area contributed by atoms with Gasteiger partial charge in [-0.1, -0.05) is 18.2 Å². The fourth-order valence-electron chi connectivity index (χ4n) is 2.66. The number of halogens is 1. The van der Waals surface area contributed by atoms with Gasteiger partial charge < -0.3 is 10.5 Å². The highest BCUT2D eigenvalue weighted by Gasteiger charge is 2.24. The molecule has 1 aliphatic rings. The number of hydrogen-bond donors (Lipinski definition) is 1. The summed E-state index contributed by atoms with van der Waals surface area (Å²) in [6.45, 7) is 6.04. The molecule has 0 saturated carbocycles. The predicted molar refractivity (Wildman–Crippen MR) is 73.6 cm³/mol. The van der Waals surface area contributed by atoms with Crippen LogP contribution in [0.2, 0.25) is 0 Å².